The van der Waals surface area contributed by atoms with Crippen molar-refractivity contribution >= 4 is 17.3 Å². The van der Waals surface area contributed by atoms with Gasteiger partial charge in [-0.1, -0.05) is 6.07 Å². The second-order valence-corrected chi connectivity index (χ2v) is 6.73. The van der Waals surface area contributed by atoms with Crippen LogP contribution in [0.3, 0.4) is 0 Å². The lowest BCUT2D eigenvalue weighted by atomic mass is 9.70. The smallest absolute Gasteiger partial charge is 0.334 e. The molecular formula is C18H14F4N2O3. The van der Waals surface area contributed by atoms with Crippen molar-refractivity contribution in [1.82, 2.24) is 4.74 Å². The summed E-state index contributed by atoms with van der Waals surface area (Å²) in [4.78, 5) is 29.3. The molecule has 1 saturated carbocycles. The number of fused-ring (bicyclic) bond motifs is 2. The number of alkyl halides is 3. The highest BCUT2D eigenvalue weighted by atomic mass is 19.4. The van der Waals surface area contributed by atoms with Crippen molar-refractivity contribution in [3.05, 3.63) is 51.1 Å². The minimum absolute atomic E-state index is 0.0289. The molecule has 9 heteroatoms. The first kappa shape index (κ1) is 17.7. The summed E-state index contributed by atoms with van der Waals surface area (Å²) in [5, 5.41) is 0. The van der Waals surface area contributed by atoms with Gasteiger partial charge in [0.2, 0.25) is 0 Å². The molecule has 2 aliphatic rings. The number of ketones is 1. The molecular weight excluding hydrogens is 368 g/mol. The number of carbonyl (C=O) groups is 1. The van der Waals surface area contributed by atoms with Crippen molar-refractivity contribution in [3.8, 4) is 0 Å². The number of hydrogen-bond acceptors (Lipinski definition) is 4. The lowest BCUT2D eigenvalue weighted by Crippen LogP contribution is -2.37. The van der Waals surface area contributed by atoms with Crippen LogP contribution in [-0.4, -0.2) is 16.2 Å². The average molecular weight is 382 g/mol. The van der Waals surface area contributed by atoms with Gasteiger partial charge in [0.1, 0.15) is 11.6 Å². The largest absolute Gasteiger partial charge is 0.419 e. The highest BCUT2D eigenvalue weighted by Gasteiger charge is 2.45. The summed E-state index contributed by atoms with van der Waals surface area (Å²) in [6.07, 6.45) is -3.56. The highest BCUT2D eigenvalue weighted by Crippen LogP contribution is 2.45. The average Bonchev–Trinajstić information content (AvgIpc) is 2.87. The van der Waals surface area contributed by atoms with Crippen LogP contribution in [-0.2, 0) is 18.0 Å². The SMILES string of the molecule is Cn1oc(=O)c2c1N=C1CCCC(=O)C1C2c1ccc(F)c(C(F)(F)F)c1. The van der Waals surface area contributed by atoms with E-state index in [1.54, 1.807) is 0 Å². The Morgan fingerprint density at radius 1 is 1.19 bits per heavy atom. The van der Waals surface area contributed by atoms with Crippen molar-refractivity contribution in [2.24, 2.45) is 18.0 Å². The Morgan fingerprint density at radius 2 is 1.93 bits per heavy atom. The predicted molar refractivity (Wildman–Crippen MR) is 86.6 cm³/mol. The van der Waals surface area contributed by atoms with Crippen molar-refractivity contribution in [1.29, 1.82) is 0 Å². The lowest BCUT2D eigenvalue weighted by molar-refractivity contribution is -0.140. The van der Waals surface area contributed by atoms with Crippen molar-refractivity contribution in [3.63, 3.8) is 0 Å². The van der Waals surface area contributed by atoms with E-state index in [4.69, 9.17) is 4.52 Å². The molecule has 27 heavy (non-hydrogen) atoms. The summed E-state index contributed by atoms with van der Waals surface area (Å²) < 4.78 is 59.4. The fourth-order valence-electron chi connectivity index (χ4n) is 3.93. The van der Waals surface area contributed by atoms with E-state index in [1.807, 2.05) is 0 Å². The molecule has 4 rings (SSSR count). The number of benzene rings is 1. The van der Waals surface area contributed by atoms with Crippen LogP contribution in [0.1, 0.15) is 41.9 Å². The van der Waals surface area contributed by atoms with E-state index in [0.717, 1.165) is 4.74 Å². The van der Waals surface area contributed by atoms with Crippen LogP contribution in [0.5, 0.6) is 0 Å². The van der Waals surface area contributed by atoms with Gasteiger partial charge in [-0.25, -0.2) is 14.2 Å². The Balaban J connectivity index is 1.97. The molecule has 0 amide bonds. The minimum atomic E-state index is -4.90. The quantitative estimate of drug-likeness (QED) is 0.706. The van der Waals surface area contributed by atoms with Gasteiger partial charge < -0.3 is 4.52 Å². The fraction of sp³-hybridized carbons (Fsp3) is 0.389. The summed E-state index contributed by atoms with van der Waals surface area (Å²) in [5.74, 6) is -3.26. The van der Waals surface area contributed by atoms with Crippen molar-refractivity contribution < 1.29 is 26.9 Å². The molecule has 1 fully saturated rings. The Hall–Kier alpha value is -2.71. The number of aliphatic imine (C=N–C) groups is 1. The van der Waals surface area contributed by atoms with Gasteiger partial charge in [0.25, 0.3) is 0 Å². The number of nitrogens with zero attached hydrogens (tertiary/aromatic N) is 2. The van der Waals surface area contributed by atoms with Crippen LogP contribution < -0.4 is 5.63 Å². The number of hydrogen-bond donors (Lipinski definition) is 0. The zero-order valence-electron chi connectivity index (χ0n) is 14.1. The molecule has 1 aromatic carbocycles. The van der Waals surface area contributed by atoms with Crippen LogP contribution in [0.2, 0.25) is 0 Å². The van der Waals surface area contributed by atoms with Crippen LogP contribution in [0, 0.1) is 11.7 Å². The summed E-state index contributed by atoms with van der Waals surface area (Å²) in [5.41, 5.74) is -1.62. The molecule has 0 spiro atoms. The first-order valence-electron chi connectivity index (χ1n) is 8.35. The molecule has 1 aliphatic heterocycles. The molecule has 0 radical (unpaired) electrons. The van der Waals surface area contributed by atoms with Crippen molar-refractivity contribution in [2.75, 3.05) is 0 Å². The monoisotopic (exact) mass is 382 g/mol. The van der Waals surface area contributed by atoms with E-state index in [2.05, 4.69) is 4.99 Å². The molecule has 1 aliphatic carbocycles. The molecule has 142 valence electrons. The van der Waals surface area contributed by atoms with Gasteiger partial charge >= 0.3 is 11.8 Å². The van der Waals surface area contributed by atoms with E-state index >= 15 is 0 Å². The minimum Gasteiger partial charge on any atom is -0.334 e. The van der Waals surface area contributed by atoms with Crippen LogP contribution in [0.25, 0.3) is 0 Å². The standard InChI is InChI=1S/C18H14F4N2O3/c1-24-16-15(17(26)27-24)13(14-11(23-16)3-2-4-12(14)25)8-5-6-10(19)9(7-8)18(20,21)22/h5-7,13-14H,2-4H2,1H3. The van der Waals surface area contributed by atoms with Gasteiger partial charge in [-0.15, -0.1) is 0 Å². The normalized spacial score (nSPS) is 22.3. The van der Waals surface area contributed by atoms with Crippen LogP contribution in [0.15, 0.2) is 32.5 Å². The molecule has 2 unspecified atom stereocenters. The molecule has 0 bridgehead atoms. The van der Waals surface area contributed by atoms with Gasteiger partial charge in [0.15, 0.2) is 5.82 Å². The Bertz CT molecular complexity index is 1030. The molecule has 0 saturated heterocycles. The first-order chi connectivity index (χ1) is 12.7. The van der Waals surface area contributed by atoms with Gasteiger partial charge in [-0.2, -0.15) is 17.9 Å². The van der Waals surface area contributed by atoms with Gasteiger partial charge in [-0.05, 0) is 30.5 Å². The Kier molecular flexibility index (Phi) is 3.87. The molecule has 2 aromatic rings. The zero-order chi connectivity index (χ0) is 19.5. The molecule has 1 aromatic heterocycles. The number of halogens is 4. The van der Waals surface area contributed by atoms with Crippen LogP contribution >= 0.6 is 0 Å². The summed E-state index contributed by atoms with van der Waals surface area (Å²) in [6.45, 7) is 0. The van der Waals surface area contributed by atoms with Gasteiger partial charge in [0.05, 0.1) is 17.0 Å². The van der Waals surface area contributed by atoms with E-state index in [1.165, 1.54) is 13.1 Å². The molecule has 2 atom stereocenters. The van der Waals surface area contributed by atoms with E-state index < -0.39 is 35.0 Å². The first-order valence-corrected chi connectivity index (χ1v) is 8.35. The van der Waals surface area contributed by atoms with Gasteiger partial charge in [0, 0.05) is 25.1 Å². The Labute approximate surface area is 150 Å². The highest BCUT2D eigenvalue weighted by molar-refractivity contribution is 6.10. The third-order valence-electron chi connectivity index (χ3n) is 5.09. The molecule has 5 nitrogen and oxygen atoms in total. The number of carbonyl (C=O) groups excluding carboxylic acids is 1. The maximum absolute atomic E-state index is 13.7. The summed E-state index contributed by atoms with van der Waals surface area (Å²) in [6, 6.07) is 2.55. The maximum Gasteiger partial charge on any atom is 0.419 e. The zero-order valence-corrected chi connectivity index (χ0v) is 14.1. The lowest BCUT2D eigenvalue weighted by Gasteiger charge is -2.33. The fourth-order valence-corrected chi connectivity index (χ4v) is 3.93. The molecule has 2 heterocycles. The van der Waals surface area contributed by atoms with Gasteiger partial charge in [-0.3, -0.25) is 4.79 Å². The number of rotatable bonds is 1. The second kappa shape index (κ2) is 5.90. The molecule has 0 N–H and O–H groups in total. The number of Topliss-reactive ketones (excluding diaryl/α,β-unsaturated/α-hetero) is 1. The second-order valence-electron chi connectivity index (χ2n) is 6.73. The Morgan fingerprint density at radius 3 is 2.63 bits per heavy atom. The van der Waals surface area contributed by atoms with E-state index in [9.17, 15) is 27.2 Å². The topological polar surface area (TPSA) is 64.6 Å². The third-order valence-corrected chi connectivity index (χ3v) is 5.09. The third kappa shape index (κ3) is 2.72. The van der Waals surface area contributed by atoms with E-state index in [0.29, 0.717) is 30.7 Å². The van der Waals surface area contributed by atoms with Crippen molar-refractivity contribution in [2.45, 2.75) is 31.4 Å². The summed E-state index contributed by atoms with van der Waals surface area (Å²) >= 11 is 0. The maximum atomic E-state index is 13.7. The number of aromatic nitrogens is 1. The summed E-state index contributed by atoms with van der Waals surface area (Å²) in [7, 11) is 1.46. The van der Waals surface area contributed by atoms with E-state index in [-0.39, 0.29) is 29.1 Å². The van der Waals surface area contributed by atoms with Crippen LogP contribution in [0.4, 0.5) is 23.4 Å². The number of aryl methyl sites for hydroxylation is 1. The predicted octanol–water partition coefficient (Wildman–Crippen LogP) is 3.72.